The van der Waals surface area contributed by atoms with Gasteiger partial charge in [0, 0.05) is 35.8 Å². The van der Waals surface area contributed by atoms with Crippen LogP contribution in [0.3, 0.4) is 0 Å². The Kier molecular flexibility index (Phi) is 5.45. The number of carbonyl (C=O) groups excluding carboxylic acids is 1. The van der Waals surface area contributed by atoms with E-state index in [9.17, 15) is 9.90 Å². The number of H-pyrrole nitrogens is 1. The van der Waals surface area contributed by atoms with Crippen molar-refractivity contribution in [2.45, 2.75) is 32.4 Å². The highest BCUT2D eigenvalue weighted by Crippen LogP contribution is 2.35. The van der Waals surface area contributed by atoms with Crippen molar-refractivity contribution < 1.29 is 14.6 Å². The molecule has 2 aromatic carbocycles. The average molecular weight is 393 g/mol. The van der Waals surface area contributed by atoms with Crippen molar-refractivity contribution in [3.05, 3.63) is 59.3 Å². The largest absolute Gasteiger partial charge is 0.497 e. The van der Waals surface area contributed by atoms with Gasteiger partial charge in [-0.1, -0.05) is 18.2 Å². The van der Waals surface area contributed by atoms with Crippen molar-refractivity contribution in [3.63, 3.8) is 0 Å². The molecule has 1 aliphatic heterocycles. The fourth-order valence-electron chi connectivity index (χ4n) is 4.27. The number of hydrogen-bond donors (Lipinski definition) is 3. The molecule has 0 aliphatic carbocycles. The van der Waals surface area contributed by atoms with Crippen LogP contribution < -0.4 is 15.0 Å². The zero-order valence-corrected chi connectivity index (χ0v) is 16.9. The molecule has 4 rings (SSSR count). The fraction of sp³-hybridized carbons (Fsp3) is 0.348. The molecule has 2 heterocycles. The van der Waals surface area contributed by atoms with Gasteiger partial charge < -0.3 is 25.0 Å². The Bertz CT molecular complexity index is 1030. The average Bonchev–Trinajstić information content (AvgIpc) is 3.25. The number of anilines is 1. The molecule has 0 saturated carbocycles. The Morgan fingerprint density at radius 2 is 2.14 bits per heavy atom. The lowest BCUT2D eigenvalue weighted by atomic mass is 10.1. The molecule has 0 saturated heterocycles. The minimum absolute atomic E-state index is 0.0298. The Labute approximate surface area is 170 Å². The standard InChI is InChI=1S/C23H27N3O3/c1-15(28)24-10-9-19-20-12-18(29-2)7-8-21(20)25-22(19)13-26-17(14-27)11-16-5-3-4-6-23(16)26/h3-8,12,17,25,27H,9-11,13-14H2,1-2H3,(H,24,28)/t17-/m0/s1. The van der Waals surface area contributed by atoms with Gasteiger partial charge in [0.05, 0.1) is 26.3 Å². The molecule has 0 spiro atoms. The van der Waals surface area contributed by atoms with Gasteiger partial charge in [-0.25, -0.2) is 0 Å². The van der Waals surface area contributed by atoms with E-state index in [4.69, 9.17) is 4.74 Å². The van der Waals surface area contributed by atoms with Gasteiger partial charge in [-0.2, -0.15) is 0 Å². The van der Waals surface area contributed by atoms with Crippen molar-refractivity contribution in [2.24, 2.45) is 0 Å². The number of rotatable bonds is 7. The van der Waals surface area contributed by atoms with Crippen molar-refractivity contribution in [1.29, 1.82) is 0 Å². The normalized spacial score (nSPS) is 15.6. The molecule has 0 unspecified atom stereocenters. The summed E-state index contributed by atoms with van der Waals surface area (Å²) in [6, 6.07) is 14.4. The van der Waals surface area contributed by atoms with E-state index in [1.165, 1.54) is 23.7 Å². The summed E-state index contributed by atoms with van der Waals surface area (Å²) < 4.78 is 5.42. The molecule has 1 amide bonds. The smallest absolute Gasteiger partial charge is 0.216 e. The first-order valence-corrected chi connectivity index (χ1v) is 9.98. The van der Waals surface area contributed by atoms with E-state index in [2.05, 4.69) is 27.3 Å². The minimum atomic E-state index is -0.0298. The van der Waals surface area contributed by atoms with E-state index in [1.54, 1.807) is 7.11 Å². The number of aliphatic hydroxyl groups excluding tert-OH is 1. The van der Waals surface area contributed by atoms with Gasteiger partial charge in [0.2, 0.25) is 5.91 Å². The van der Waals surface area contributed by atoms with Gasteiger partial charge in [0.25, 0.3) is 0 Å². The lowest BCUT2D eigenvalue weighted by Gasteiger charge is -2.26. The van der Waals surface area contributed by atoms with Gasteiger partial charge in [-0.15, -0.1) is 0 Å². The van der Waals surface area contributed by atoms with Crippen LogP contribution in [-0.2, 0) is 24.2 Å². The molecule has 3 N–H and O–H groups in total. The minimum Gasteiger partial charge on any atom is -0.497 e. The van der Waals surface area contributed by atoms with Crippen LogP contribution in [0.1, 0.15) is 23.7 Å². The first-order chi connectivity index (χ1) is 14.1. The number of nitrogens with one attached hydrogen (secondary N) is 2. The molecule has 0 fully saturated rings. The summed E-state index contributed by atoms with van der Waals surface area (Å²) in [6.07, 6.45) is 1.57. The third-order valence-corrected chi connectivity index (χ3v) is 5.69. The highest BCUT2D eigenvalue weighted by molar-refractivity contribution is 5.86. The number of ether oxygens (including phenoxy) is 1. The van der Waals surface area contributed by atoms with Crippen LogP contribution in [0, 0.1) is 0 Å². The number of methoxy groups -OCH3 is 1. The Morgan fingerprint density at radius 3 is 2.90 bits per heavy atom. The molecule has 1 aliphatic rings. The first kappa shape index (κ1) is 19.3. The highest BCUT2D eigenvalue weighted by atomic mass is 16.5. The van der Waals surface area contributed by atoms with E-state index in [0.717, 1.165) is 35.2 Å². The fourth-order valence-corrected chi connectivity index (χ4v) is 4.27. The monoisotopic (exact) mass is 393 g/mol. The molecule has 29 heavy (non-hydrogen) atoms. The second-order valence-electron chi connectivity index (χ2n) is 7.52. The molecule has 6 heteroatoms. The van der Waals surface area contributed by atoms with E-state index in [0.29, 0.717) is 13.1 Å². The number of carbonyl (C=O) groups is 1. The van der Waals surface area contributed by atoms with Crippen LogP contribution in [0.25, 0.3) is 10.9 Å². The topological polar surface area (TPSA) is 77.6 Å². The molecule has 0 radical (unpaired) electrons. The Hall–Kier alpha value is -2.99. The van der Waals surface area contributed by atoms with E-state index < -0.39 is 0 Å². The predicted molar refractivity (Wildman–Crippen MR) is 114 cm³/mol. The maximum Gasteiger partial charge on any atom is 0.216 e. The van der Waals surface area contributed by atoms with Crippen LogP contribution >= 0.6 is 0 Å². The number of hydrogen-bond acceptors (Lipinski definition) is 4. The van der Waals surface area contributed by atoms with E-state index in [1.807, 2.05) is 30.3 Å². The SMILES string of the molecule is COc1ccc2[nH]c(CN3c4ccccc4C[C@H]3CO)c(CCNC(C)=O)c2c1. The summed E-state index contributed by atoms with van der Waals surface area (Å²) in [4.78, 5) is 17.2. The van der Waals surface area contributed by atoms with Gasteiger partial charge in [-0.3, -0.25) is 4.79 Å². The van der Waals surface area contributed by atoms with E-state index >= 15 is 0 Å². The Balaban J connectivity index is 1.71. The quantitative estimate of drug-likeness (QED) is 0.577. The van der Waals surface area contributed by atoms with Crippen molar-refractivity contribution in [1.82, 2.24) is 10.3 Å². The summed E-state index contributed by atoms with van der Waals surface area (Å²) in [6.45, 7) is 2.90. The summed E-state index contributed by atoms with van der Waals surface area (Å²) >= 11 is 0. The van der Waals surface area contributed by atoms with Crippen LogP contribution in [0.4, 0.5) is 5.69 Å². The number of aromatic amines is 1. The molecular formula is C23H27N3O3. The zero-order chi connectivity index (χ0) is 20.4. The van der Waals surface area contributed by atoms with Crippen molar-refractivity contribution in [3.8, 4) is 5.75 Å². The van der Waals surface area contributed by atoms with Crippen molar-refractivity contribution >= 4 is 22.5 Å². The summed E-state index contributed by atoms with van der Waals surface area (Å²) in [5.41, 5.74) is 5.77. The van der Waals surface area contributed by atoms with Crippen molar-refractivity contribution in [2.75, 3.05) is 25.2 Å². The van der Waals surface area contributed by atoms with Gasteiger partial charge in [-0.05, 0) is 48.2 Å². The second-order valence-corrected chi connectivity index (χ2v) is 7.52. The molecule has 1 atom stereocenters. The molecule has 1 aromatic heterocycles. The molecule has 152 valence electrons. The van der Waals surface area contributed by atoms with E-state index in [-0.39, 0.29) is 18.6 Å². The zero-order valence-electron chi connectivity index (χ0n) is 16.9. The number of nitrogens with zero attached hydrogens (tertiary/aromatic N) is 1. The predicted octanol–water partition coefficient (Wildman–Crippen LogP) is 2.78. The molecular weight excluding hydrogens is 366 g/mol. The number of fused-ring (bicyclic) bond motifs is 2. The number of aliphatic hydroxyl groups is 1. The number of benzene rings is 2. The maximum atomic E-state index is 11.3. The van der Waals surface area contributed by atoms with Gasteiger partial charge >= 0.3 is 0 Å². The molecule has 0 bridgehead atoms. The van der Waals surface area contributed by atoms with Crippen LogP contribution in [0.2, 0.25) is 0 Å². The summed E-state index contributed by atoms with van der Waals surface area (Å²) in [5, 5.41) is 14.0. The lowest BCUT2D eigenvalue weighted by molar-refractivity contribution is -0.118. The van der Waals surface area contributed by atoms with Crippen LogP contribution in [-0.4, -0.2) is 42.3 Å². The second kappa shape index (κ2) is 8.17. The third kappa shape index (κ3) is 3.80. The highest BCUT2D eigenvalue weighted by Gasteiger charge is 2.29. The van der Waals surface area contributed by atoms with Gasteiger partial charge in [0.1, 0.15) is 5.75 Å². The number of amides is 1. The van der Waals surface area contributed by atoms with Crippen LogP contribution in [0.5, 0.6) is 5.75 Å². The molecule has 6 nitrogen and oxygen atoms in total. The lowest BCUT2D eigenvalue weighted by Crippen LogP contribution is -2.34. The summed E-state index contributed by atoms with van der Waals surface area (Å²) in [5.74, 6) is 0.779. The van der Waals surface area contributed by atoms with Crippen LogP contribution in [0.15, 0.2) is 42.5 Å². The van der Waals surface area contributed by atoms with Gasteiger partial charge in [0.15, 0.2) is 0 Å². The number of para-hydroxylation sites is 1. The maximum absolute atomic E-state index is 11.3. The Morgan fingerprint density at radius 1 is 1.31 bits per heavy atom. The molecule has 3 aromatic rings. The third-order valence-electron chi connectivity index (χ3n) is 5.69. The first-order valence-electron chi connectivity index (χ1n) is 9.98. The summed E-state index contributed by atoms with van der Waals surface area (Å²) in [7, 11) is 1.67. The number of aromatic nitrogens is 1.